The number of aliphatic hydroxyl groups is 1. The summed E-state index contributed by atoms with van der Waals surface area (Å²) in [6.07, 6.45) is 4.41. The summed E-state index contributed by atoms with van der Waals surface area (Å²) in [7, 11) is 0. The molecule has 2 rings (SSSR count). The molecule has 0 saturated carbocycles. The molecule has 0 unspecified atom stereocenters. The minimum Gasteiger partial charge on any atom is -0.461 e. The van der Waals surface area contributed by atoms with Gasteiger partial charge in [0.1, 0.15) is 18.8 Å². The van der Waals surface area contributed by atoms with Gasteiger partial charge in [-0.25, -0.2) is 4.79 Å². The molecule has 29 heavy (non-hydrogen) atoms. The maximum Gasteiger partial charge on any atom is 0.334 e. The highest BCUT2D eigenvalue weighted by molar-refractivity contribution is 5.91. The van der Waals surface area contributed by atoms with Crippen LogP contribution in [-0.4, -0.2) is 48.4 Å². The first-order valence-corrected chi connectivity index (χ1v) is 9.98. The Morgan fingerprint density at radius 2 is 2.10 bits per heavy atom. The summed E-state index contributed by atoms with van der Waals surface area (Å²) in [5, 5.41) is 9.67. The van der Waals surface area contributed by atoms with Crippen LogP contribution < -0.4 is 0 Å². The van der Waals surface area contributed by atoms with Crippen LogP contribution in [0.15, 0.2) is 35.5 Å². The molecule has 2 aliphatic rings. The van der Waals surface area contributed by atoms with E-state index in [0.717, 1.165) is 11.1 Å². The van der Waals surface area contributed by atoms with Crippen LogP contribution in [0.3, 0.4) is 0 Å². The first-order valence-electron chi connectivity index (χ1n) is 9.98. The molecule has 7 nitrogen and oxygen atoms in total. The molecule has 0 aromatic heterocycles. The van der Waals surface area contributed by atoms with Gasteiger partial charge in [-0.15, -0.1) is 0 Å². The number of esters is 3. The number of ether oxygens (including phenoxy) is 3. The van der Waals surface area contributed by atoms with Gasteiger partial charge < -0.3 is 19.3 Å². The number of carbonyl (C=O) groups excluding carboxylic acids is 3. The Kier molecular flexibility index (Phi) is 8.20. The lowest BCUT2D eigenvalue weighted by Crippen LogP contribution is -2.35. The SMILES string of the molecule is C=C1C(=O)O[C@@H]2/C=C(/CO)CC/C=C(/COC(C)=O)C[C@H](OC(=O)[C@H](C)CC)[C@@H]12. The smallest absolute Gasteiger partial charge is 0.334 e. The van der Waals surface area contributed by atoms with Crippen LogP contribution in [0.1, 0.15) is 46.5 Å². The Hall–Kier alpha value is -2.41. The van der Waals surface area contributed by atoms with E-state index in [1.165, 1.54) is 6.92 Å². The molecular weight excluding hydrogens is 376 g/mol. The second-order valence-electron chi connectivity index (χ2n) is 7.57. The minimum absolute atomic E-state index is 0.0730. The van der Waals surface area contributed by atoms with Gasteiger partial charge in [-0.2, -0.15) is 0 Å². The van der Waals surface area contributed by atoms with E-state index in [1.807, 2.05) is 13.0 Å². The van der Waals surface area contributed by atoms with Crippen LogP contribution in [0.5, 0.6) is 0 Å². The summed E-state index contributed by atoms with van der Waals surface area (Å²) >= 11 is 0. The van der Waals surface area contributed by atoms with E-state index >= 15 is 0 Å². The zero-order valence-corrected chi connectivity index (χ0v) is 17.3. The fourth-order valence-electron chi connectivity index (χ4n) is 3.42. The maximum atomic E-state index is 12.5. The molecule has 1 saturated heterocycles. The van der Waals surface area contributed by atoms with Gasteiger partial charge in [0, 0.05) is 18.9 Å². The highest BCUT2D eigenvalue weighted by atomic mass is 16.6. The lowest BCUT2D eigenvalue weighted by atomic mass is 9.85. The van der Waals surface area contributed by atoms with E-state index in [1.54, 1.807) is 13.0 Å². The second kappa shape index (κ2) is 10.4. The van der Waals surface area contributed by atoms with Gasteiger partial charge in [-0.3, -0.25) is 9.59 Å². The Morgan fingerprint density at radius 3 is 2.72 bits per heavy atom. The summed E-state index contributed by atoms with van der Waals surface area (Å²) in [6.45, 7) is 8.77. The lowest BCUT2D eigenvalue weighted by molar-refractivity contribution is -0.156. The molecule has 0 spiro atoms. The summed E-state index contributed by atoms with van der Waals surface area (Å²) in [5.41, 5.74) is 1.74. The van der Waals surface area contributed by atoms with Crippen molar-refractivity contribution in [3.05, 3.63) is 35.5 Å². The number of allylic oxidation sites excluding steroid dienone is 1. The van der Waals surface area contributed by atoms with Gasteiger partial charge in [0.15, 0.2) is 0 Å². The van der Waals surface area contributed by atoms with E-state index in [9.17, 15) is 19.5 Å². The number of rotatable bonds is 6. The number of aliphatic hydroxyl groups excluding tert-OH is 1. The van der Waals surface area contributed by atoms with Crippen LogP contribution in [0.2, 0.25) is 0 Å². The molecule has 0 aromatic carbocycles. The van der Waals surface area contributed by atoms with Crippen LogP contribution in [-0.2, 0) is 28.6 Å². The number of hydrogen-bond acceptors (Lipinski definition) is 7. The molecular formula is C22H30O7. The van der Waals surface area contributed by atoms with Crippen LogP contribution in [0, 0.1) is 11.8 Å². The predicted octanol–water partition coefficient (Wildman–Crippen LogP) is 2.63. The minimum atomic E-state index is -0.698. The Morgan fingerprint density at radius 1 is 1.38 bits per heavy atom. The zero-order valence-electron chi connectivity index (χ0n) is 17.3. The van der Waals surface area contributed by atoms with Gasteiger partial charge in [-0.1, -0.05) is 26.5 Å². The first kappa shape index (κ1) is 22.9. The third-order valence-electron chi connectivity index (χ3n) is 5.37. The normalized spacial score (nSPS) is 29.4. The largest absolute Gasteiger partial charge is 0.461 e. The quantitative estimate of drug-likeness (QED) is 0.313. The van der Waals surface area contributed by atoms with Crippen molar-refractivity contribution in [2.75, 3.05) is 13.2 Å². The Balaban J connectivity index is 2.40. The van der Waals surface area contributed by atoms with Gasteiger partial charge in [-0.05, 0) is 36.5 Å². The summed E-state index contributed by atoms with van der Waals surface area (Å²) in [5.74, 6) is -2.18. The Labute approximate surface area is 171 Å². The van der Waals surface area contributed by atoms with E-state index in [0.29, 0.717) is 25.7 Å². The van der Waals surface area contributed by atoms with Crippen molar-refractivity contribution >= 4 is 17.9 Å². The van der Waals surface area contributed by atoms with E-state index in [-0.39, 0.29) is 30.7 Å². The number of fused-ring (bicyclic) bond motifs is 1. The standard InChI is InChI=1S/C22H30O7/c1-5-13(2)21(25)28-19-10-17(12-27-15(4)24)8-6-7-16(11-23)9-18-20(19)14(3)22(26)29-18/h8-9,13,18-20,23H,3,5-7,10-12H2,1-2,4H3/b16-9+,17-8+/t13-,18-,19+,20+/m1/s1. The summed E-state index contributed by atoms with van der Waals surface area (Å²) < 4.78 is 16.4. The Bertz CT molecular complexity index is 719. The molecule has 7 heteroatoms. The van der Waals surface area contributed by atoms with Crippen molar-refractivity contribution in [3.8, 4) is 0 Å². The van der Waals surface area contributed by atoms with Gasteiger partial charge >= 0.3 is 17.9 Å². The molecule has 1 heterocycles. The average molecular weight is 406 g/mol. The molecule has 1 fully saturated rings. The molecule has 0 amide bonds. The third kappa shape index (κ3) is 6.03. The van der Waals surface area contributed by atoms with Crippen molar-refractivity contribution in [2.24, 2.45) is 11.8 Å². The predicted molar refractivity (Wildman–Crippen MR) is 106 cm³/mol. The van der Waals surface area contributed by atoms with Crippen LogP contribution >= 0.6 is 0 Å². The van der Waals surface area contributed by atoms with Crippen molar-refractivity contribution in [3.63, 3.8) is 0 Å². The van der Waals surface area contributed by atoms with Crippen molar-refractivity contribution in [1.29, 1.82) is 0 Å². The van der Waals surface area contributed by atoms with Gasteiger partial charge in [0.25, 0.3) is 0 Å². The molecule has 1 aliphatic heterocycles. The van der Waals surface area contributed by atoms with E-state index in [2.05, 4.69) is 6.58 Å². The van der Waals surface area contributed by atoms with Crippen molar-refractivity contribution in [2.45, 2.75) is 58.7 Å². The van der Waals surface area contributed by atoms with E-state index < -0.39 is 30.1 Å². The van der Waals surface area contributed by atoms with Crippen LogP contribution in [0.25, 0.3) is 0 Å². The highest BCUT2D eigenvalue weighted by Gasteiger charge is 2.45. The van der Waals surface area contributed by atoms with Gasteiger partial charge in [0.05, 0.1) is 18.4 Å². The van der Waals surface area contributed by atoms with Crippen molar-refractivity contribution < 1.29 is 33.7 Å². The number of carbonyl (C=O) groups is 3. The second-order valence-corrected chi connectivity index (χ2v) is 7.57. The fourth-order valence-corrected chi connectivity index (χ4v) is 3.42. The maximum absolute atomic E-state index is 12.5. The molecule has 4 atom stereocenters. The molecule has 0 radical (unpaired) electrons. The fraction of sp³-hybridized carbons (Fsp3) is 0.591. The average Bonchev–Trinajstić information content (AvgIpc) is 2.96. The molecule has 1 N–H and O–H groups in total. The molecule has 0 bridgehead atoms. The van der Waals surface area contributed by atoms with Gasteiger partial charge in [0.2, 0.25) is 0 Å². The molecule has 0 aromatic rings. The zero-order chi connectivity index (χ0) is 21.6. The number of hydrogen-bond donors (Lipinski definition) is 1. The third-order valence-corrected chi connectivity index (χ3v) is 5.37. The van der Waals surface area contributed by atoms with E-state index in [4.69, 9.17) is 14.2 Å². The van der Waals surface area contributed by atoms with Crippen molar-refractivity contribution in [1.82, 2.24) is 0 Å². The monoisotopic (exact) mass is 406 g/mol. The first-order chi connectivity index (χ1) is 13.8. The molecule has 160 valence electrons. The molecule has 1 aliphatic carbocycles. The topological polar surface area (TPSA) is 99.1 Å². The van der Waals surface area contributed by atoms with Crippen LogP contribution in [0.4, 0.5) is 0 Å². The summed E-state index contributed by atoms with van der Waals surface area (Å²) in [4.78, 5) is 36.0. The lowest BCUT2D eigenvalue weighted by Gasteiger charge is -2.29. The summed E-state index contributed by atoms with van der Waals surface area (Å²) in [6, 6.07) is 0. The highest BCUT2D eigenvalue weighted by Crippen LogP contribution is 2.36.